The monoisotopic (exact) mass is 755 g/mol. The number of nitrogens with zero attached hydrogens (tertiary/aromatic N) is 1. The number of rotatable bonds is 6. The molecule has 1 aliphatic carbocycles. The smallest absolute Gasteiger partial charge is 0.329 e. The Labute approximate surface area is 322 Å². The van der Waals surface area contributed by atoms with E-state index in [9.17, 15) is 29.4 Å². The molecular weight excluding hydrogens is 690 g/mol. The van der Waals surface area contributed by atoms with Crippen molar-refractivity contribution in [2.75, 3.05) is 20.8 Å². The lowest BCUT2D eigenvalue weighted by Gasteiger charge is -2.47. The molecule has 2 saturated heterocycles. The van der Waals surface area contributed by atoms with Crippen molar-refractivity contribution in [3.05, 3.63) is 47.6 Å². The summed E-state index contributed by atoms with van der Waals surface area (Å²) in [6.07, 6.45) is 10.8. The van der Waals surface area contributed by atoms with Crippen LogP contribution in [0.4, 0.5) is 0 Å². The van der Waals surface area contributed by atoms with E-state index in [1.165, 1.54) is 19.1 Å². The third kappa shape index (κ3) is 10.5. The van der Waals surface area contributed by atoms with E-state index in [-0.39, 0.29) is 37.5 Å². The first-order chi connectivity index (χ1) is 25.6. The fourth-order valence-electron chi connectivity index (χ4n) is 8.78. The number of methoxy groups -OCH3 is 2. The lowest BCUT2D eigenvalue weighted by Crippen LogP contribution is -2.64. The predicted molar refractivity (Wildman–Crippen MR) is 205 cm³/mol. The summed E-state index contributed by atoms with van der Waals surface area (Å²) in [5, 5.41) is 23.6. The molecule has 4 aliphatic rings. The number of fused-ring (bicyclic) bond motifs is 3. The largest absolute Gasteiger partial charge is 0.456 e. The number of aliphatic hydroxyl groups is 2. The van der Waals surface area contributed by atoms with Gasteiger partial charge in [-0.3, -0.25) is 14.4 Å². The molecule has 0 saturated carbocycles. The quantitative estimate of drug-likeness (QED) is 0.189. The van der Waals surface area contributed by atoms with E-state index in [1.807, 2.05) is 26.0 Å². The second kappa shape index (κ2) is 19.8. The van der Waals surface area contributed by atoms with Crippen molar-refractivity contribution in [1.82, 2.24) is 4.90 Å². The van der Waals surface area contributed by atoms with Crippen molar-refractivity contribution in [3.8, 4) is 0 Å². The summed E-state index contributed by atoms with van der Waals surface area (Å²) in [6, 6.07) is -1.10. The number of carbonyl (C=O) groups excluding carboxylic acids is 4. The van der Waals surface area contributed by atoms with E-state index in [2.05, 4.69) is 19.6 Å². The molecule has 11 heteroatoms. The van der Waals surface area contributed by atoms with Crippen LogP contribution >= 0.6 is 0 Å². The van der Waals surface area contributed by atoms with Gasteiger partial charge in [-0.25, -0.2) is 4.79 Å². The summed E-state index contributed by atoms with van der Waals surface area (Å²) in [5.41, 5.74) is 2.82. The Morgan fingerprint density at radius 1 is 1.04 bits per heavy atom. The van der Waals surface area contributed by atoms with Gasteiger partial charge in [-0.1, -0.05) is 56.2 Å². The molecule has 2 bridgehead atoms. The van der Waals surface area contributed by atoms with Gasteiger partial charge >= 0.3 is 5.97 Å². The first-order valence-electron chi connectivity index (χ1n) is 20.0. The van der Waals surface area contributed by atoms with Gasteiger partial charge in [-0.2, -0.15) is 0 Å². The minimum absolute atomic E-state index is 0.0309. The summed E-state index contributed by atoms with van der Waals surface area (Å²) >= 11 is 0. The number of carbonyl (C=O) groups is 4. The van der Waals surface area contributed by atoms with Crippen LogP contribution in [0.5, 0.6) is 0 Å². The van der Waals surface area contributed by atoms with Crippen LogP contribution in [0.25, 0.3) is 0 Å². The molecule has 302 valence electrons. The van der Waals surface area contributed by atoms with Crippen molar-refractivity contribution >= 4 is 23.4 Å². The third-order valence-electron chi connectivity index (χ3n) is 12.0. The van der Waals surface area contributed by atoms with Crippen molar-refractivity contribution in [2.45, 2.75) is 154 Å². The topological polar surface area (TPSA) is 149 Å². The molecule has 11 nitrogen and oxygen atoms in total. The lowest BCUT2D eigenvalue weighted by atomic mass is 9.82. The van der Waals surface area contributed by atoms with Gasteiger partial charge in [0.25, 0.3) is 11.7 Å². The second-order valence-electron chi connectivity index (χ2n) is 16.4. The Balaban J connectivity index is 1.78. The molecule has 0 spiro atoms. The fourth-order valence-corrected chi connectivity index (χ4v) is 8.78. The fraction of sp³-hybridized carbons (Fsp3) is 0.721. The van der Waals surface area contributed by atoms with Crippen LogP contribution < -0.4 is 0 Å². The molecule has 3 heterocycles. The Morgan fingerprint density at radius 3 is 2.39 bits per heavy atom. The molecule has 0 aromatic rings. The number of aliphatic hydroxyl groups excluding tert-OH is 1. The molecule has 11 atom stereocenters. The summed E-state index contributed by atoms with van der Waals surface area (Å²) in [5.74, 6) is -7.44. The molecule has 0 aromatic carbocycles. The molecule has 1 amide bonds. The maximum absolute atomic E-state index is 14.2. The van der Waals surface area contributed by atoms with Crippen LogP contribution in [0, 0.1) is 23.7 Å². The summed E-state index contributed by atoms with van der Waals surface area (Å²) < 4.78 is 24.2. The highest BCUT2D eigenvalue weighted by atomic mass is 16.7. The van der Waals surface area contributed by atoms with Crippen LogP contribution in [0.1, 0.15) is 112 Å². The first-order valence-corrected chi connectivity index (χ1v) is 20.0. The van der Waals surface area contributed by atoms with Gasteiger partial charge in [0, 0.05) is 44.9 Å². The average Bonchev–Trinajstić information content (AvgIpc) is 3.15. The van der Waals surface area contributed by atoms with E-state index in [0.29, 0.717) is 32.1 Å². The standard InChI is InChI=1S/C43H65NO10/c1-9-15-32-21-26(2)20-27(3)22-36(51-7)39-37(52-8)24-29(5)43(50,54-39)40(47)41(48)44-19-14-13-18-33(44)42(49)53-38(30(6)34(45)25-35(32)46)28(4)23-31-16-11-10-12-17-31/h9,16,21,23,27,29-30,32-34,36-39,45,50H,1,10-15,17-20,22,24-25H2,2-8H3/b26-21+,28-23+/t27-,29+,30+,32+,33-,34-,36-,37-,38+,39+,43+/m0/s1. The minimum atomic E-state index is -2.48. The zero-order valence-electron chi connectivity index (χ0n) is 33.6. The lowest BCUT2D eigenvalue weighted by molar-refractivity contribution is -0.302. The number of ketones is 2. The number of hydrogen-bond donors (Lipinski definition) is 2. The number of cyclic esters (lactones) is 1. The Kier molecular flexibility index (Phi) is 16.0. The molecule has 2 N–H and O–H groups in total. The number of esters is 1. The zero-order valence-corrected chi connectivity index (χ0v) is 33.6. The number of Topliss-reactive ketones (excluding diaryl/α,β-unsaturated/α-hetero) is 2. The van der Waals surface area contributed by atoms with Crippen molar-refractivity contribution in [3.63, 3.8) is 0 Å². The summed E-state index contributed by atoms with van der Waals surface area (Å²) in [4.78, 5) is 57.6. The van der Waals surface area contributed by atoms with E-state index in [1.54, 1.807) is 19.9 Å². The van der Waals surface area contributed by atoms with Gasteiger partial charge in [0.2, 0.25) is 5.79 Å². The average molecular weight is 756 g/mol. The van der Waals surface area contributed by atoms with Gasteiger partial charge in [0.05, 0.1) is 18.3 Å². The Bertz CT molecular complexity index is 1450. The molecule has 0 unspecified atom stereocenters. The van der Waals surface area contributed by atoms with Crippen molar-refractivity contribution < 1.29 is 48.3 Å². The van der Waals surface area contributed by atoms with Crippen LogP contribution in [0.3, 0.4) is 0 Å². The summed E-state index contributed by atoms with van der Waals surface area (Å²) in [7, 11) is 3.07. The SMILES string of the molecule is C=CC[C@@H]1/C=C(\C)C[C@H](C)C[C@H](OC)[C@H]2O[C@@](O)(C(=O)C(=O)N3CCCC[C@H]3C(=O)O[C@H](/C(C)=C/C3=CCCCC3)[C@H](C)[C@@H](O)CC1=O)[C@H](C)C[C@@H]2OC. The van der Waals surface area contributed by atoms with Gasteiger partial charge < -0.3 is 34.1 Å². The molecule has 2 fully saturated rings. The van der Waals surface area contributed by atoms with Crippen LogP contribution in [0.15, 0.2) is 47.6 Å². The molecule has 4 rings (SSSR count). The van der Waals surface area contributed by atoms with Gasteiger partial charge in [-0.15, -0.1) is 6.58 Å². The highest BCUT2D eigenvalue weighted by Gasteiger charge is 2.56. The molecular formula is C43H65NO10. The van der Waals surface area contributed by atoms with E-state index in [4.69, 9.17) is 18.9 Å². The normalized spacial score (nSPS) is 38.3. The minimum Gasteiger partial charge on any atom is -0.456 e. The Morgan fingerprint density at radius 2 is 1.74 bits per heavy atom. The van der Waals surface area contributed by atoms with Gasteiger partial charge in [0.1, 0.15) is 24.0 Å². The molecule has 3 aliphatic heterocycles. The first kappa shape index (κ1) is 43.8. The van der Waals surface area contributed by atoms with Crippen LogP contribution in [-0.4, -0.2) is 102 Å². The molecule has 0 radical (unpaired) electrons. The zero-order chi connectivity index (χ0) is 39.7. The highest BCUT2D eigenvalue weighted by molar-refractivity contribution is 6.39. The van der Waals surface area contributed by atoms with E-state index >= 15 is 0 Å². The molecule has 54 heavy (non-hydrogen) atoms. The van der Waals surface area contributed by atoms with Gasteiger partial charge in [0.15, 0.2) is 0 Å². The third-order valence-corrected chi connectivity index (χ3v) is 12.0. The predicted octanol–water partition coefficient (Wildman–Crippen LogP) is 5.96. The summed E-state index contributed by atoms with van der Waals surface area (Å²) in [6.45, 7) is 13.3. The number of ether oxygens (including phenoxy) is 4. The number of amides is 1. The highest BCUT2D eigenvalue weighted by Crippen LogP contribution is 2.39. The van der Waals surface area contributed by atoms with Crippen LogP contribution in [-0.2, 0) is 38.1 Å². The van der Waals surface area contributed by atoms with Gasteiger partial charge in [-0.05, 0) is 96.0 Å². The maximum Gasteiger partial charge on any atom is 0.329 e. The van der Waals surface area contributed by atoms with Crippen LogP contribution in [0.2, 0.25) is 0 Å². The van der Waals surface area contributed by atoms with E-state index < -0.39 is 77.8 Å². The molecule has 0 aromatic heterocycles. The number of allylic oxidation sites excluding steroid dienone is 6. The number of piperidine rings is 1. The number of hydrogen-bond acceptors (Lipinski definition) is 10. The Hall–Kier alpha value is -2.96. The van der Waals surface area contributed by atoms with Crippen molar-refractivity contribution in [1.29, 1.82) is 0 Å². The maximum atomic E-state index is 14.2. The van der Waals surface area contributed by atoms with E-state index in [0.717, 1.165) is 42.4 Å². The van der Waals surface area contributed by atoms with Crippen molar-refractivity contribution in [2.24, 2.45) is 23.7 Å². The second-order valence-corrected chi connectivity index (χ2v) is 16.4.